The SMILES string of the molecule is CCCc1ccc(S(=O)(=O)N2CCNC(C)(C)C2)cc1. The fourth-order valence-corrected chi connectivity index (χ4v) is 4.17. The van der Waals surface area contributed by atoms with Crippen molar-refractivity contribution in [2.24, 2.45) is 0 Å². The van der Waals surface area contributed by atoms with Gasteiger partial charge < -0.3 is 5.32 Å². The normalized spacial score (nSPS) is 19.9. The first-order chi connectivity index (χ1) is 9.35. The van der Waals surface area contributed by atoms with Gasteiger partial charge in [0.1, 0.15) is 0 Å². The molecule has 0 aromatic heterocycles. The number of nitrogens with zero attached hydrogens (tertiary/aromatic N) is 1. The molecule has 1 aliphatic rings. The maximum absolute atomic E-state index is 12.6. The summed E-state index contributed by atoms with van der Waals surface area (Å²) < 4.78 is 26.9. The van der Waals surface area contributed by atoms with Crippen LogP contribution < -0.4 is 5.32 Å². The minimum atomic E-state index is -3.37. The van der Waals surface area contributed by atoms with Crippen molar-refractivity contribution in [3.63, 3.8) is 0 Å². The van der Waals surface area contributed by atoms with Crippen LogP contribution in [-0.2, 0) is 16.4 Å². The molecule has 4 nitrogen and oxygen atoms in total. The predicted molar refractivity (Wildman–Crippen MR) is 81.3 cm³/mol. The molecule has 0 amide bonds. The van der Waals surface area contributed by atoms with E-state index >= 15 is 0 Å². The molecule has 1 N–H and O–H groups in total. The molecule has 5 heteroatoms. The maximum Gasteiger partial charge on any atom is 0.243 e. The Morgan fingerprint density at radius 2 is 1.90 bits per heavy atom. The van der Waals surface area contributed by atoms with Crippen LogP contribution in [-0.4, -0.2) is 37.9 Å². The highest BCUT2D eigenvalue weighted by atomic mass is 32.2. The Morgan fingerprint density at radius 1 is 1.25 bits per heavy atom. The smallest absolute Gasteiger partial charge is 0.243 e. The van der Waals surface area contributed by atoms with Crippen molar-refractivity contribution in [2.75, 3.05) is 19.6 Å². The molecule has 0 aliphatic carbocycles. The van der Waals surface area contributed by atoms with E-state index in [1.165, 1.54) is 5.56 Å². The van der Waals surface area contributed by atoms with Gasteiger partial charge in [-0.05, 0) is 38.0 Å². The highest BCUT2D eigenvalue weighted by molar-refractivity contribution is 7.89. The van der Waals surface area contributed by atoms with Crippen LogP contribution in [0.15, 0.2) is 29.2 Å². The molecular formula is C15H24N2O2S. The molecule has 0 saturated carbocycles. The van der Waals surface area contributed by atoms with Crippen molar-refractivity contribution >= 4 is 10.0 Å². The second-order valence-corrected chi connectivity index (χ2v) is 7.98. The Bertz CT molecular complexity index is 550. The minimum absolute atomic E-state index is 0.173. The number of piperazine rings is 1. The highest BCUT2D eigenvalue weighted by Gasteiger charge is 2.33. The monoisotopic (exact) mass is 296 g/mol. The van der Waals surface area contributed by atoms with Crippen LogP contribution in [0.1, 0.15) is 32.8 Å². The van der Waals surface area contributed by atoms with Gasteiger partial charge in [-0.1, -0.05) is 25.5 Å². The molecule has 1 fully saturated rings. The van der Waals surface area contributed by atoms with Gasteiger partial charge in [-0.25, -0.2) is 8.42 Å². The molecule has 112 valence electrons. The van der Waals surface area contributed by atoms with Gasteiger partial charge in [0.2, 0.25) is 10.0 Å². The summed E-state index contributed by atoms with van der Waals surface area (Å²) in [6.07, 6.45) is 2.05. The lowest BCUT2D eigenvalue weighted by Gasteiger charge is -2.38. The quantitative estimate of drug-likeness (QED) is 0.924. The van der Waals surface area contributed by atoms with Crippen molar-refractivity contribution < 1.29 is 8.42 Å². The molecule has 0 unspecified atom stereocenters. The molecule has 0 spiro atoms. The average molecular weight is 296 g/mol. The Labute approximate surface area is 122 Å². The topological polar surface area (TPSA) is 49.4 Å². The van der Waals surface area contributed by atoms with Crippen LogP contribution in [0.2, 0.25) is 0 Å². The minimum Gasteiger partial charge on any atom is -0.309 e. The van der Waals surface area contributed by atoms with Gasteiger partial charge in [0, 0.05) is 25.2 Å². The lowest BCUT2D eigenvalue weighted by molar-refractivity contribution is 0.233. The third-order valence-corrected chi connectivity index (χ3v) is 5.50. The van der Waals surface area contributed by atoms with Gasteiger partial charge in [0.25, 0.3) is 0 Å². The average Bonchev–Trinajstić information content (AvgIpc) is 2.38. The van der Waals surface area contributed by atoms with Gasteiger partial charge in [0.05, 0.1) is 4.90 Å². The zero-order valence-corrected chi connectivity index (χ0v) is 13.3. The number of sulfonamides is 1. The van der Waals surface area contributed by atoms with Crippen LogP contribution in [0.25, 0.3) is 0 Å². The zero-order valence-electron chi connectivity index (χ0n) is 12.5. The van der Waals surface area contributed by atoms with E-state index in [0.29, 0.717) is 24.5 Å². The van der Waals surface area contributed by atoms with Crippen molar-refractivity contribution in [1.29, 1.82) is 0 Å². The van der Waals surface area contributed by atoms with Crippen LogP contribution in [0.4, 0.5) is 0 Å². The molecule has 20 heavy (non-hydrogen) atoms. The summed E-state index contributed by atoms with van der Waals surface area (Å²) in [4.78, 5) is 0.398. The van der Waals surface area contributed by atoms with Gasteiger partial charge in [-0.2, -0.15) is 4.31 Å². The zero-order chi connectivity index (χ0) is 14.8. The Hall–Kier alpha value is -0.910. The molecular weight excluding hydrogens is 272 g/mol. The summed E-state index contributed by atoms with van der Waals surface area (Å²) >= 11 is 0. The third kappa shape index (κ3) is 3.40. The molecule has 1 saturated heterocycles. The van der Waals surface area contributed by atoms with Crippen LogP contribution in [0.5, 0.6) is 0 Å². The summed E-state index contributed by atoms with van der Waals surface area (Å²) in [6.45, 7) is 7.90. The predicted octanol–water partition coefficient (Wildman–Crippen LogP) is 2.01. The second kappa shape index (κ2) is 5.84. The molecule has 2 rings (SSSR count). The molecule has 1 aliphatic heterocycles. The maximum atomic E-state index is 12.6. The molecule has 0 radical (unpaired) electrons. The molecule has 0 bridgehead atoms. The van der Waals surface area contributed by atoms with Crippen molar-refractivity contribution in [3.05, 3.63) is 29.8 Å². The summed E-state index contributed by atoms with van der Waals surface area (Å²) in [5, 5.41) is 3.33. The molecule has 1 aromatic rings. The largest absolute Gasteiger partial charge is 0.309 e. The van der Waals surface area contributed by atoms with E-state index in [2.05, 4.69) is 12.2 Å². The number of hydrogen-bond donors (Lipinski definition) is 1. The lowest BCUT2D eigenvalue weighted by Crippen LogP contribution is -2.58. The lowest BCUT2D eigenvalue weighted by atomic mass is 10.0. The summed E-state index contributed by atoms with van der Waals surface area (Å²) in [7, 11) is -3.37. The first kappa shape index (κ1) is 15.5. The Kier molecular flexibility index (Phi) is 4.52. The van der Waals surface area contributed by atoms with Gasteiger partial charge in [0.15, 0.2) is 0 Å². The fourth-order valence-electron chi connectivity index (χ4n) is 2.57. The summed E-state index contributed by atoms with van der Waals surface area (Å²) in [5.41, 5.74) is 1.01. The number of nitrogens with one attached hydrogen (secondary N) is 1. The summed E-state index contributed by atoms with van der Waals surface area (Å²) in [6, 6.07) is 7.30. The standard InChI is InChI=1S/C15H24N2O2S/c1-4-5-13-6-8-14(9-7-13)20(18,19)17-11-10-16-15(2,3)12-17/h6-9,16H,4-5,10-12H2,1-3H3. The van der Waals surface area contributed by atoms with E-state index in [-0.39, 0.29) is 5.54 Å². The fraction of sp³-hybridized carbons (Fsp3) is 0.600. The second-order valence-electron chi connectivity index (χ2n) is 6.04. The highest BCUT2D eigenvalue weighted by Crippen LogP contribution is 2.21. The van der Waals surface area contributed by atoms with E-state index in [9.17, 15) is 8.42 Å². The van der Waals surface area contributed by atoms with E-state index in [4.69, 9.17) is 0 Å². The summed E-state index contributed by atoms with van der Waals surface area (Å²) in [5.74, 6) is 0. The number of aryl methyl sites for hydroxylation is 1. The first-order valence-corrected chi connectivity index (χ1v) is 8.63. The third-order valence-electron chi connectivity index (χ3n) is 3.64. The molecule has 1 heterocycles. The first-order valence-electron chi connectivity index (χ1n) is 7.19. The van der Waals surface area contributed by atoms with Gasteiger partial charge in [-0.3, -0.25) is 0 Å². The molecule has 0 atom stereocenters. The molecule has 1 aromatic carbocycles. The van der Waals surface area contributed by atoms with Crippen LogP contribution >= 0.6 is 0 Å². The van der Waals surface area contributed by atoms with Gasteiger partial charge in [-0.15, -0.1) is 0 Å². The van der Waals surface area contributed by atoms with E-state index in [0.717, 1.165) is 12.8 Å². The Morgan fingerprint density at radius 3 is 2.45 bits per heavy atom. The number of rotatable bonds is 4. The van der Waals surface area contributed by atoms with E-state index in [1.54, 1.807) is 16.4 Å². The van der Waals surface area contributed by atoms with Crippen LogP contribution in [0, 0.1) is 0 Å². The van der Waals surface area contributed by atoms with Gasteiger partial charge >= 0.3 is 0 Å². The van der Waals surface area contributed by atoms with E-state index in [1.807, 2.05) is 26.0 Å². The number of hydrogen-bond acceptors (Lipinski definition) is 3. The van der Waals surface area contributed by atoms with Crippen molar-refractivity contribution in [3.8, 4) is 0 Å². The Balaban J connectivity index is 2.21. The van der Waals surface area contributed by atoms with Crippen molar-refractivity contribution in [2.45, 2.75) is 44.0 Å². The van der Waals surface area contributed by atoms with Crippen molar-refractivity contribution in [1.82, 2.24) is 9.62 Å². The van der Waals surface area contributed by atoms with E-state index < -0.39 is 10.0 Å². The number of benzene rings is 1. The van der Waals surface area contributed by atoms with Crippen LogP contribution in [0.3, 0.4) is 0 Å².